The number of halogens is 1. The van der Waals surface area contributed by atoms with E-state index in [-0.39, 0.29) is 5.91 Å². The van der Waals surface area contributed by atoms with Crippen molar-refractivity contribution >= 4 is 39.3 Å². The van der Waals surface area contributed by atoms with E-state index >= 15 is 0 Å². The number of hydrogen-bond donors (Lipinski definition) is 0. The molecule has 1 aliphatic rings. The molecule has 0 aliphatic carbocycles. The number of ether oxygens (including phenoxy) is 1. The smallest absolute Gasteiger partial charge is 0.268 e. The van der Waals surface area contributed by atoms with E-state index in [1.54, 1.807) is 30.5 Å². The second kappa shape index (κ2) is 5.63. The Kier molecular flexibility index (Phi) is 4.14. The second-order valence-corrected chi connectivity index (χ2v) is 5.57. The predicted molar refractivity (Wildman–Crippen MR) is 78.1 cm³/mol. The van der Waals surface area contributed by atoms with E-state index in [4.69, 9.17) is 4.74 Å². The van der Waals surface area contributed by atoms with Crippen LogP contribution in [-0.2, 0) is 9.53 Å². The first-order valence-electron chi connectivity index (χ1n) is 5.32. The van der Waals surface area contributed by atoms with Crippen LogP contribution in [0, 0.1) is 0 Å². The predicted octanol–water partition coefficient (Wildman–Crippen LogP) is 3.88. The normalized spacial score (nSPS) is 14.4. The maximum atomic E-state index is 12.3. The molecule has 0 saturated heterocycles. The molecule has 1 aromatic rings. The zero-order valence-corrected chi connectivity index (χ0v) is 12.4. The van der Waals surface area contributed by atoms with Crippen LogP contribution in [0.3, 0.4) is 0 Å². The maximum Gasteiger partial charge on any atom is 0.268 e. The molecule has 0 atom stereocenters. The topological polar surface area (TPSA) is 29.5 Å². The highest BCUT2D eigenvalue weighted by atomic mass is 79.9. The summed E-state index contributed by atoms with van der Waals surface area (Å²) in [5.41, 5.74) is 0.846. The lowest BCUT2D eigenvalue weighted by atomic mass is 10.3. The zero-order chi connectivity index (χ0) is 13.1. The van der Waals surface area contributed by atoms with Crippen LogP contribution in [-0.4, -0.2) is 13.0 Å². The second-order valence-electron chi connectivity index (χ2n) is 3.73. The highest BCUT2D eigenvalue weighted by Crippen LogP contribution is 2.29. The summed E-state index contributed by atoms with van der Waals surface area (Å²) < 4.78 is 6.23. The van der Waals surface area contributed by atoms with E-state index in [1.807, 2.05) is 24.3 Å². The summed E-state index contributed by atoms with van der Waals surface area (Å²) in [4.78, 5) is 14.5. The number of nitrogens with zero attached hydrogens (tertiary/aromatic N) is 1. The summed E-state index contributed by atoms with van der Waals surface area (Å²) in [5, 5.41) is 1.76. The van der Waals surface area contributed by atoms with Crippen LogP contribution in [0.1, 0.15) is 6.92 Å². The van der Waals surface area contributed by atoms with Gasteiger partial charge in [-0.25, -0.2) is 0 Å². The van der Waals surface area contributed by atoms with Crippen LogP contribution in [0.2, 0.25) is 0 Å². The fourth-order valence-corrected chi connectivity index (χ4v) is 2.46. The quantitative estimate of drug-likeness (QED) is 0.826. The number of hydrogen-bond acceptors (Lipinski definition) is 3. The molecular weight excluding hydrogens is 314 g/mol. The fraction of sp³-hybridized carbons (Fsp3) is 0.154. The monoisotopic (exact) mass is 325 g/mol. The Hall–Kier alpha value is -1.20. The number of carbonyl (C=O) groups excluding carboxylic acids is 1. The Morgan fingerprint density at radius 1 is 1.33 bits per heavy atom. The molecule has 3 nitrogen and oxygen atoms in total. The minimum absolute atomic E-state index is 0.0656. The lowest BCUT2D eigenvalue weighted by Crippen LogP contribution is -2.27. The van der Waals surface area contributed by atoms with Gasteiger partial charge in [-0.1, -0.05) is 27.7 Å². The molecule has 0 bridgehead atoms. The van der Waals surface area contributed by atoms with E-state index in [9.17, 15) is 4.79 Å². The molecule has 18 heavy (non-hydrogen) atoms. The highest BCUT2D eigenvalue weighted by molar-refractivity contribution is 9.10. The first kappa shape index (κ1) is 13.2. The van der Waals surface area contributed by atoms with Gasteiger partial charge in [0.2, 0.25) is 0 Å². The van der Waals surface area contributed by atoms with Gasteiger partial charge in [0.15, 0.2) is 0 Å². The van der Waals surface area contributed by atoms with Crippen LogP contribution in [0.5, 0.6) is 0 Å². The highest BCUT2D eigenvalue weighted by Gasteiger charge is 2.21. The van der Waals surface area contributed by atoms with Crippen molar-refractivity contribution in [3.8, 4) is 0 Å². The van der Waals surface area contributed by atoms with E-state index in [0.29, 0.717) is 10.7 Å². The van der Waals surface area contributed by atoms with Crippen molar-refractivity contribution in [1.82, 2.24) is 0 Å². The lowest BCUT2D eigenvalue weighted by molar-refractivity contribution is -0.114. The number of benzene rings is 1. The average Bonchev–Trinajstić information content (AvgIpc) is 2.38. The van der Waals surface area contributed by atoms with Gasteiger partial charge in [-0.05, 0) is 31.2 Å². The summed E-state index contributed by atoms with van der Waals surface area (Å²) >= 11 is 4.75. The molecule has 0 unspecified atom stereocenters. The number of amides is 1. The van der Waals surface area contributed by atoms with Crippen molar-refractivity contribution in [1.29, 1.82) is 0 Å². The summed E-state index contributed by atoms with van der Waals surface area (Å²) in [6.07, 6.45) is 1.58. The number of likely N-dealkylation sites (N-methyl/N-ethyl adjacent to an activating group) is 1. The van der Waals surface area contributed by atoms with Crippen LogP contribution < -0.4 is 4.90 Å². The Labute approximate surface area is 119 Å². The maximum absolute atomic E-state index is 12.3. The molecule has 1 amide bonds. The summed E-state index contributed by atoms with van der Waals surface area (Å²) in [5.74, 6) is 0.570. The van der Waals surface area contributed by atoms with Crippen LogP contribution in [0.15, 0.2) is 51.1 Å². The third kappa shape index (κ3) is 2.79. The number of thioether (sulfide) groups is 1. The first-order chi connectivity index (χ1) is 8.59. The first-order valence-corrected chi connectivity index (χ1v) is 6.99. The molecule has 2 rings (SSSR count). The van der Waals surface area contributed by atoms with Crippen LogP contribution in [0.4, 0.5) is 5.69 Å². The molecule has 0 spiro atoms. The van der Waals surface area contributed by atoms with Gasteiger partial charge < -0.3 is 9.64 Å². The standard InChI is InChI=1S/C13H12BrNO2S/c1-9-12(18-8-7-17-9)13(16)15(2)11-5-3-10(14)4-6-11/h3-8H,1-2H3. The van der Waals surface area contributed by atoms with Gasteiger partial charge in [-0.3, -0.25) is 4.79 Å². The molecule has 0 aromatic heterocycles. The van der Waals surface area contributed by atoms with E-state index in [2.05, 4.69) is 15.9 Å². The van der Waals surface area contributed by atoms with Crippen molar-refractivity contribution in [3.05, 3.63) is 51.1 Å². The van der Waals surface area contributed by atoms with Gasteiger partial charge in [0.05, 0.1) is 6.26 Å². The summed E-state index contributed by atoms with van der Waals surface area (Å²) in [6, 6.07) is 7.60. The van der Waals surface area contributed by atoms with Gasteiger partial charge in [0, 0.05) is 22.6 Å². The van der Waals surface area contributed by atoms with Crippen molar-refractivity contribution in [3.63, 3.8) is 0 Å². The molecule has 0 N–H and O–H groups in total. The van der Waals surface area contributed by atoms with Crippen molar-refractivity contribution in [2.45, 2.75) is 6.92 Å². The Morgan fingerprint density at radius 2 is 2.00 bits per heavy atom. The van der Waals surface area contributed by atoms with E-state index < -0.39 is 0 Å². The third-order valence-corrected chi connectivity index (χ3v) is 3.99. The van der Waals surface area contributed by atoms with Crippen LogP contribution >= 0.6 is 27.7 Å². The molecular formula is C13H12BrNO2S. The average molecular weight is 326 g/mol. The molecule has 5 heteroatoms. The van der Waals surface area contributed by atoms with Gasteiger partial charge >= 0.3 is 0 Å². The number of anilines is 1. The molecule has 0 radical (unpaired) electrons. The SMILES string of the molecule is CC1=C(C(=O)N(C)c2ccc(Br)cc2)SC=CO1. The number of allylic oxidation sites excluding steroid dienone is 1. The third-order valence-electron chi connectivity index (χ3n) is 2.52. The Balaban J connectivity index is 2.21. The minimum atomic E-state index is -0.0656. The van der Waals surface area contributed by atoms with Crippen molar-refractivity contribution < 1.29 is 9.53 Å². The molecule has 0 saturated carbocycles. The van der Waals surface area contributed by atoms with Gasteiger partial charge in [-0.15, -0.1) is 0 Å². The molecule has 1 aliphatic heterocycles. The van der Waals surface area contributed by atoms with E-state index in [0.717, 1.165) is 10.2 Å². The summed E-state index contributed by atoms with van der Waals surface area (Å²) in [6.45, 7) is 1.79. The molecule has 1 heterocycles. The Morgan fingerprint density at radius 3 is 2.61 bits per heavy atom. The van der Waals surface area contributed by atoms with Gasteiger partial charge in [0.25, 0.3) is 5.91 Å². The Bertz CT molecular complexity index is 522. The summed E-state index contributed by atoms with van der Waals surface area (Å²) in [7, 11) is 1.75. The van der Waals surface area contributed by atoms with Gasteiger partial charge in [0.1, 0.15) is 10.7 Å². The van der Waals surface area contributed by atoms with E-state index in [1.165, 1.54) is 11.8 Å². The largest absolute Gasteiger partial charge is 0.468 e. The number of rotatable bonds is 2. The molecule has 94 valence electrons. The van der Waals surface area contributed by atoms with Crippen LogP contribution in [0.25, 0.3) is 0 Å². The zero-order valence-electron chi connectivity index (χ0n) is 10.0. The fourth-order valence-electron chi connectivity index (χ4n) is 1.50. The number of carbonyl (C=O) groups is 1. The van der Waals surface area contributed by atoms with Crippen molar-refractivity contribution in [2.75, 3.05) is 11.9 Å². The minimum Gasteiger partial charge on any atom is -0.468 e. The van der Waals surface area contributed by atoms with Crippen molar-refractivity contribution in [2.24, 2.45) is 0 Å². The molecule has 0 fully saturated rings. The van der Waals surface area contributed by atoms with Gasteiger partial charge in [-0.2, -0.15) is 0 Å². The lowest BCUT2D eigenvalue weighted by Gasteiger charge is -2.20. The molecule has 1 aromatic carbocycles.